The number of hydrazine groups is 1. The lowest BCUT2D eigenvalue weighted by molar-refractivity contribution is 0.0842. The molecule has 2 rings (SSSR count). The normalized spacial score (nSPS) is 10.0. The number of benzene rings is 1. The summed E-state index contributed by atoms with van der Waals surface area (Å²) in [5, 5.41) is 0. The lowest BCUT2D eigenvalue weighted by Gasteiger charge is -2.06. The number of carbonyl (C=O) groups excluding carboxylic acids is 2. The van der Waals surface area contributed by atoms with Gasteiger partial charge in [0, 0.05) is 10.7 Å². The first kappa shape index (κ1) is 13.3. The summed E-state index contributed by atoms with van der Waals surface area (Å²) >= 11 is 3.18. The van der Waals surface area contributed by atoms with E-state index in [1.807, 2.05) is 0 Å². The monoisotopic (exact) mass is 325 g/mol. The van der Waals surface area contributed by atoms with Gasteiger partial charge in [-0.15, -0.1) is 0 Å². The van der Waals surface area contributed by atoms with E-state index in [0.29, 0.717) is 4.47 Å². The number of hydrogen-bond donors (Lipinski definition) is 3. The molecule has 0 bridgehead atoms. The first-order valence-electron chi connectivity index (χ1n) is 5.27. The molecule has 0 aliphatic rings. The number of hydrogen-bond acceptors (Lipinski definition) is 2. The highest BCUT2D eigenvalue weighted by Gasteiger charge is 2.13. The van der Waals surface area contributed by atoms with Crippen LogP contribution in [0.3, 0.4) is 0 Å². The molecule has 7 heteroatoms. The molecule has 5 nitrogen and oxygen atoms in total. The minimum atomic E-state index is -0.725. The van der Waals surface area contributed by atoms with E-state index < -0.39 is 17.6 Å². The summed E-state index contributed by atoms with van der Waals surface area (Å²) < 4.78 is 14.0. The van der Waals surface area contributed by atoms with Gasteiger partial charge in [-0.2, -0.15) is 0 Å². The van der Waals surface area contributed by atoms with Crippen LogP contribution in [0.2, 0.25) is 0 Å². The Morgan fingerprint density at radius 3 is 2.47 bits per heavy atom. The van der Waals surface area contributed by atoms with Crippen LogP contribution < -0.4 is 10.9 Å². The Balaban J connectivity index is 1.98. The van der Waals surface area contributed by atoms with Gasteiger partial charge in [-0.1, -0.05) is 12.1 Å². The van der Waals surface area contributed by atoms with Crippen molar-refractivity contribution in [3.63, 3.8) is 0 Å². The summed E-state index contributed by atoms with van der Waals surface area (Å²) in [4.78, 5) is 25.9. The summed E-state index contributed by atoms with van der Waals surface area (Å²) in [6.07, 6.45) is 1.58. The van der Waals surface area contributed by atoms with Gasteiger partial charge in [0.2, 0.25) is 0 Å². The molecular weight excluding hydrogens is 317 g/mol. The maximum absolute atomic E-state index is 13.3. The summed E-state index contributed by atoms with van der Waals surface area (Å²) in [6, 6.07) is 7.04. The quantitative estimate of drug-likeness (QED) is 0.739. The van der Waals surface area contributed by atoms with E-state index in [2.05, 4.69) is 31.8 Å². The SMILES string of the molecule is O=C(NNC(=O)c1ccccc1F)c1cc(Br)c[nH]1. The molecule has 1 aromatic heterocycles. The first-order valence-corrected chi connectivity index (χ1v) is 6.06. The molecule has 0 saturated heterocycles. The summed E-state index contributed by atoms with van der Waals surface area (Å²) in [5.41, 5.74) is 4.44. The average Bonchev–Trinajstić information content (AvgIpc) is 2.83. The molecule has 0 spiro atoms. The second kappa shape index (κ2) is 5.66. The molecule has 2 aromatic rings. The molecule has 19 heavy (non-hydrogen) atoms. The Morgan fingerprint density at radius 2 is 1.84 bits per heavy atom. The van der Waals surface area contributed by atoms with Gasteiger partial charge in [0.25, 0.3) is 11.8 Å². The highest BCUT2D eigenvalue weighted by molar-refractivity contribution is 9.10. The van der Waals surface area contributed by atoms with Gasteiger partial charge in [-0.3, -0.25) is 20.4 Å². The van der Waals surface area contributed by atoms with E-state index in [0.717, 1.165) is 0 Å². The standard InChI is InChI=1S/C12H9BrFN3O2/c13-7-5-10(15-6-7)12(19)17-16-11(18)8-3-1-2-4-9(8)14/h1-6,15H,(H,16,18)(H,17,19). The molecule has 0 unspecified atom stereocenters. The van der Waals surface area contributed by atoms with Gasteiger partial charge >= 0.3 is 0 Å². The zero-order valence-electron chi connectivity index (χ0n) is 9.54. The maximum Gasteiger partial charge on any atom is 0.286 e. The highest BCUT2D eigenvalue weighted by atomic mass is 79.9. The predicted octanol–water partition coefficient (Wildman–Crippen LogP) is 1.99. The third-order valence-corrected chi connectivity index (χ3v) is 2.76. The fraction of sp³-hybridized carbons (Fsp3) is 0. The topological polar surface area (TPSA) is 74.0 Å². The highest BCUT2D eigenvalue weighted by Crippen LogP contribution is 2.10. The Kier molecular flexibility index (Phi) is 3.96. The van der Waals surface area contributed by atoms with Crippen LogP contribution in [0.1, 0.15) is 20.8 Å². The summed E-state index contributed by atoms with van der Waals surface area (Å²) in [6.45, 7) is 0. The van der Waals surface area contributed by atoms with Crippen molar-refractivity contribution in [2.75, 3.05) is 0 Å². The third kappa shape index (κ3) is 3.19. The Bertz CT molecular complexity index is 627. The Labute approximate surface area is 116 Å². The molecular formula is C12H9BrFN3O2. The number of nitrogens with one attached hydrogen (secondary N) is 3. The Hall–Kier alpha value is -2.15. The van der Waals surface area contributed by atoms with E-state index in [4.69, 9.17) is 0 Å². The van der Waals surface area contributed by atoms with Crippen molar-refractivity contribution in [1.82, 2.24) is 15.8 Å². The van der Waals surface area contributed by atoms with E-state index >= 15 is 0 Å². The number of halogens is 2. The minimum Gasteiger partial charge on any atom is -0.356 e. The van der Waals surface area contributed by atoms with Crippen molar-refractivity contribution in [2.24, 2.45) is 0 Å². The van der Waals surface area contributed by atoms with Gasteiger partial charge in [0.15, 0.2) is 0 Å². The van der Waals surface area contributed by atoms with Gasteiger partial charge < -0.3 is 4.98 Å². The van der Waals surface area contributed by atoms with Crippen LogP contribution in [0.4, 0.5) is 4.39 Å². The molecule has 0 aliphatic heterocycles. The minimum absolute atomic E-state index is 0.143. The van der Waals surface area contributed by atoms with Crippen LogP contribution in [0.15, 0.2) is 41.0 Å². The fourth-order valence-electron chi connectivity index (χ4n) is 1.39. The number of amides is 2. The summed E-state index contributed by atoms with van der Waals surface area (Å²) in [7, 11) is 0. The molecule has 1 heterocycles. The van der Waals surface area contributed by atoms with Crippen LogP contribution in [0.5, 0.6) is 0 Å². The average molecular weight is 326 g/mol. The lowest BCUT2D eigenvalue weighted by Crippen LogP contribution is -2.42. The van der Waals surface area contributed by atoms with Gasteiger partial charge in [-0.05, 0) is 34.1 Å². The zero-order chi connectivity index (χ0) is 13.8. The van der Waals surface area contributed by atoms with Crippen molar-refractivity contribution in [1.29, 1.82) is 0 Å². The number of rotatable bonds is 2. The van der Waals surface area contributed by atoms with Gasteiger partial charge in [0.1, 0.15) is 11.5 Å². The molecule has 0 fully saturated rings. The largest absolute Gasteiger partial charge is 0.356 e. The molecule has 3 N–H and O–H groups in total. The van der Waals surface area contributed by atoms with Crippen molar-refractivity contribution in [3.05, 3.63) is 58.1 Å². The van der Waals surface area contributed by atoms with Crippen LogP contribution >= 0.6 is 15.9 Å². The molecule has 0 aliphatic carbocycles. The maximum atomic E-state index is 13.3. The van der Waals surface area contributed by atoms with Crippen molar-refractivity contribution < 1.29 is 14.0 Å². The van der Waals surface area contributed by atoms with Crippen LogP contribution in [0, 0.1) is 5.82 Å². The predicted molar refractivity (Wildman–Crippen MR) is 69.8 cm³/mol. The number of H-pyrrole nitrogens is 1. The van der Waals surface area contributed by atoms with Crippen molar-refractivity contribution in [2.45, 2.75) is 0 Å². The zero-order valence-corrected chi connectivity index (χ0v) is 11.1. The van der Waals surface area contributed by atoms with Crippen LogP contribution in [0.25, 0.3) is 0 Å². The Morgan fingerprint density at radius 1 is 1.16 bits per heavy atom. The second-order valence-corrected chi connectivity index (χ2v) is 4.54. The third-order valence-electron chi connectivity index (χ3n) is 2.30. The smallest absolute Gasteiger partial charge is 0.286 e. The van der Waals surface area contributed by atoms with Crippen molar-refractivity contribution in [3.8, 4) is 0 Å². The summed E-state index contributed by atoms with van der Waals surface area (Å²) in [5.74, 6) is -1.91. The molecule has 0 saturated carbocycles. The van der Waals surface area contributed by atoms with Crippen LogP contribution in [-0.2, 0) is 0 Å². The number of carbonyl (C=O) groups is 2. The first-order chi connectivity index (χ1) is 9.08. The molecule has 0 atom stereocenters. The lowest BCUT2D eigenvalue weighted by atomic mass is 10.2. The molecule has 0 radical (unpaired) electrons. The molecule has 2 amide bonds. The number of aromatic amines is 1. The van der Waals surface area contributed by atoms with E-state index in [-0.39, 0.29) is 11.3 Å². The molecule has 98 valence electrons. The van der Waals surface area contributed by atoms with Gasteiger partial charge in [0.05, 0.1) is 5.56 Å². The van der Waals surface area contributed by atoms with E-state index in [1.54, 1.807) is 12.3 Å². The fourth-order valence-corrected chi connectivity index (χ4v) is 1.74. The van der Waals surface area contributed by atoms with Crippen molar-refractivity contribution >= 4 is 27.7 Å². The van der Waals surface area contributed by atoms with Crippen LogP contribution in [-0.4, -0.2) is 16.8 Å². The molecule has 1 aromatic carbocycles. The van der Waals surface area contributed by atoms with E-state index in [9.17, 15) is 14.0 Å². The number of aromatic nitrogens is 1. The van der Waals surface area contributed by atoms with E-state index in [1.165, 1.54) is 24.3 Å². The van der Waals surface area contributed by atoms with Gasteiger partial charge in [-0.25, -0.2) is 4.39 Å². The second-order valence-electron chi connectivity index (χ2n) is 3.62.